The van der Waals surface area contributed by atoms with Crippen LogP contribution in [-0.4, -0.2) is 10.9 Å². The van der Waals surface area contributed by atoms with Crippen molar-refractivity contribution in [2.24, 2.45) is 0 Å². The quantitative estimate of drug-likeness (QED) is 0.855. The highest BCUT2D eigenvalue weighted by Crippen LogP contribution is 2.26. The smallest absolute Gasteiger partial charge is 0.252 e. The van der Waals surface area contributed by atoms with Gasteiger partial charge in [-0.15, -0.1) is 0 Å². The van der Waals surface area contributed by atoms with Crippen LogP contribution in [0.5, 0.6) is 0 Å². The first-order valence-corrected chi connectivity index (χ1v) is 6.07. The third kappa shape index (κ3) is 1.77. The van der Waals surface area contributed by atoms with Crippen molar-refractivity contribution in [3.63, 3.8) is 0 Å². The van der Waals surface area contributed by atoms with E-state index in [0.29, 0.717) is 11.6 Å². The molecule has 3 rings (SSSR count). The van der Waals surface area contributed by atoms with E-state index >= 15 is 0 Å². The van der Waals surface area contributed by atoms with Gasteiger partial charge in [-0.3, -0.25) is 9.78 Å². The van der Waals surface area contributed by atoms with Crippen molar-refractivity contribution >= 4 is 17.5 Å². The normalized spacial score (nSPS) is 13.3. The van der Waals surface area contributed by atoms with Crippen LogP contribution < -0.4 is 5.32 Å². The predicted octanol–water partition coefficient (Wildman–Crippen LogP) is 2.95. The zero-order chi connectivity index (χ0) is 12.7. The highest BCUT2D eigenvalue weighted by molar-refractivity contribution is 6.30. The minimum Gasteiger partial charge on any atom is -0.348 e. The first-order chi connectivity index (χ1) is 8.65. The SMILES string of the molecule is Cc1nc(-c2ccc(Cl)cc2)cc2c1CNC2=O. The second-order valence-corrected chi connectivity index (χ2v) is 4.75. The Balaban J connectivity index is 2.14. The molecule has 1 aromatic heterocycles. The van der Waals surface area contributed by atoms with Gasteiger partial charge < -0.3 is 5.32 Å². The number of aromatic nitrogens is 1. The van der Waals surface area contributed by atoms with E-state index in [0.717, 1.165) is 28.1 Å². The maximum absolute atomic E-state index is 11.7. The molecular formula is C14H11ClN2O. The summed E-state index contributed by atoms with van der Waals surface area (Å²) >= 11 is 5.86. The van der Waals surface area contributed by atoms with Gasteiger partial charge in [0.1, 0.15) is 0 Å². The molecule has 0 spiro atoms. The average molecular weight is 259 g/mol. The summed E-state index contributed by atoms with van der Waals surface area (Å²) in [5.41, 5.74) is 4.39. The number of carbonyl (C=O) groups is 1. The molecule has 0 bridgehead atoms. The van der Waals surface area contributed by atoms with Gasteiger partial charge >= 0.3 is 0 Å². The molecule has 0 radical (unpaired) electrons. The molecule has 0 unspecified atom stereocenters. The maximum Gasteiger partial charge on any atom is 0.252 e. The fourth-order valence-electron chi connectivity index (χ4n) is 2.16. The fraction of sp³-hybridized carbons (Fsp3) is 0.143. The van der Waals surface area contributed by atoms with Gasteiger partial charge in [0, 0.05) is 34.0 Å². The van der Waals surface area contributed by atoms with E-state index in [9.17, 15) is 4.79 Å². The fourth-order valence-corrected chi connectivity index (χ4v) is 2.28. The van der Waals surface area contributed by atoms with Crippen LogP contribution in [0.25, 0.3) is 11.3 Å². The summed E-state index contributed by atoms with van der Waals surface area (Å²) in [5, 5.41) is 3.50. The number of hydrogen-bond acceptors (Lipinski definition) is 2. The van der Waals surface area contributed by atoms with Gasteiger partial charge in [0.25, 0.3) is 5.91 Å². The number of hydrogen-bond donors (Lipinski definition) is 1. The topological polar surface area (TPSA) is 42.0 Å². The van der Waals surface area contributed by atoms with Gasteiger partial charge in [0.15, 0.2) is 0 Å². The summed E-state index contributed by atoms with van der Waals surface area (Å²) in [6.45, 7) is 2.51. The molecule has 90 valence electrons. The monoisotopic (exact) mass is 258 g/mol. The lowest BCUT2D eigenvalue weighted by Gasteiger charge is -2.06. The van der Waals surface area contributed by atoms with Crippen molar-refractivity contribution in [3.8, 4) is 11.3 Å². The Labute approximate surface area is 110 Å². The highest BCUT2D eigenvalue weighted by atomic mass is 35.5. The summed E-state index contributed by atoms with van der Waals surface area (Å²) < 4.78 is 0. The molecule has 2 heterocycles. The van der Waals surface area contributed by atoms with Crippen molar-refractivity contribution < 1.29 is 4.79 Å². The highest BCUT2D eigenvalue weighted by Gasteiger charge is 2.22. The Morgan fingerprint density at radius 2 is 2.00 bits per heavy atom. The van der Waals surface area contributed by atoms with E-state index in [1.807, 2.05) is 37.3 Å². The predicted molar refractivity (Wildman–Crippen MR) is 70.6 cm³/mol. The Bertz CT molecular complexity index is 635. The Morgan fingerprint density at radius 3 is 2.72 bits per heavy atom. The number of halogens is 1. The molecule has 1 amide bonds. The van der Waals surface area contributed by atoms with Crippen molar-refractivity contribution in [2.75, 3.05) is 0 Å². The van der Waals surface area contributed by atoms with Crippen LogP contribution in [0.4, 0.5) is 0 Å². The first-order valence-electron chi connectivity index (χ1n) is 5.70. The summed E-state index contributed by atoms with van der Waals surface area (Å²) in [6, 6.07) is 9.29. The molecule has 0 saturated heterocycles. The zero-order valence-electron chi connectivity index (χ0n) is 9.83. The molecule has 0 atom stereocenters. The van der Waals surface area contributed by atoms with Gasteiger partial charge in [0.2, 0.25) is 0 Å². The minimum absolute atomic E-state index is 0.0225. The lowest BCUT2D eigenvalue weighted by atomic mass is 10.0. The molecule has 1 aliphatic heterocycles. The van der Waals surface area contributed by atoms with E-state index in [-0.39, 0.29) is 5.91 Å². The van der Waals surface area contributed by atoms with Gasteiger partial charge in [-0.1, -0.05) is 23.7 Å². The molecule has 3 nitrogen and oxygen atoms in total. The second kappa shape index (κ2) is 4.10. The van der Waals surface area contributed by atoms with Gasteiger partial charge in [0.05, 0.1) is 5.69 Å². The van der Waals surface area contributed by atoms with Crippen LogP contribution >= 0.6 is 11.6 Å². The summed E-state index contributed by atoms with van der Waals surface area (Å²) in [4.78, 5) is 16.2. The first kappa shape index (κ1) is 11.2. The van der Waals surface area contributed by atoms with Crippen molar-refractivity contribution in [3.05, 3.63) is 52.2 Å². The third-order valence-electron chi connectivity index (χ3n) is 3.14. The number of rotatable bonds is 1. The molecular weight excluding hydrogens is 248 g/mol. The lowest BCUT2D eigenvalue weighted by Crippen LogP contribution is -2.12. The van der Waals surface area contributed by atoms with E-state index in [4.69, 9.17) is 11.6 Å². The molecule has 18 heavy (non-hydrogen) atoms. The van der Waals surface area contributed by atoms with Crippen LogP contribution in [0.1, 0.15) is 21.6 Å². The molecule has 4 heteroatoms. The standard InChI is InChI=1S/C14H11ClN2O/c1-8-12-7-16-14(18)11(12)6-13(17-8)9-2-4-10(15)5-3-9/h2-6H,7H2,1H3,(H,16,18). The summed E-state index contributed by atoms with van der Waals surface area (Å²) in [7, 11) is 0. The Morgan fingerprint density at radius 1 is 1.28 bits per heavy atom. The van der Waals surface area contributed by atoms with Crippen molar-refractivity contribution in [1.29, 1.82) is 0 Å². The van der Waals surface area contributed by atoms with E-state index in [2.05, 4.69) is 10.3 Å². The van der Waals surface area contributed by atoms with Crippen LogP contribution in [0.3, 0.4) is 0 Å². The van der Waals surface area contributed by atoms with E-state index < -0.39 is 0 Å². The average Bonchev–Trinajstić information content (AvgIpc) is 2.73. The van der Waals surface area contributed by atoms with Crippen LogP contribution in [-0.2, 0) is 6.54 Å². The number of nitrogens with one attached hydrogen (secondary N) is 1. The van der Waals surface area contributed by atoms with Gasteiger partial charge in [-0.2, -0.15) is 0 Å². The minimum atomic E-state index is -0.0225. The summed E-state index contributed by atoms with van der Waals surface area (Å²) in [6.07, 6.45) is 0. The molecule has 1 aliphatic rings. The molecule has 0 fully saturated rings. The third-order valence-corrected chi connectivity index (χ3v) is 3.39. The van der Waals surface area contributed by atoms with Crippen molar-refractivity contribution in [1.82, 2.24) is 10.3 Å². The van der Waals surface area contributed by atoms with Crippen molar-refractivity contribution in [2.45, 2.75) is 13.5 Å². The number of carbonyl (C=O) groups excluding carboxylic acids is 1. The molecule has 1 N–H and O–H groups in total. The van der Waals surface area contributed by atoms with Crippen LogP contribution in [0, 0.1) is 6.92 Å². The number of aryl methyl sites for hydroxylation is 1. The zero-order valence-corrected chi connectivity index (χ0v) is 10.6. The number of amides is 1. The Hall–Kier alpha value is -1.87. The number of nitrogens with zero attached hydrogens (tertiary/aromatic N) is 1. The number of benzene rings is 1. The van der Waals surface area contributed by atoms with Crippen LogP contribution in [0.15, 0.2) is 30.3 Å². The summed E-state index contributed by atoms with van der Waals surface area (Å²) in [5.74, 6) is -0.0225. The lowest BCUT2D eigenvalue weighted by molar-refractivity contribution is 0.0966. The van der Waals surface area contributed by atoms with E-state index in [1.54, 1.807) is 0 Å². The molecule has 0 aliphatic carbocycles. The largest absolute Gasteiger partial charge is 0.348 e. The van der Waals surface area contributed by atoms with E-state index in [1.165, 1.54) is 0 Å². The Kier molecular flexibility index (Phi) is 2.56. The van der Waals surface area contributed by atoms with Crippen LogP contribution in [0.2, 0.25) is 5.02 Å². The number of fused-ring (bicyclic) bond motifs is 1. The molecule has 0 saturated carbocycles. The van der Waals surface area contributed by atoms with Gasteiger partial charge in [-0.05, 0) is 25.1 Å². The second-order valence-electron chi connectivity index (χ2n) is 4.31. The number of pyridine rings is 1. The molecule has 1 aromatic carbocycles. The van der Waals surface area contributed by atoms with Gasteiger partial charge in [-0.25, -0.2) is 0 Å². The maximum atomic E-state index is 11.7. The molecule has 2 aromatic rings.